The number of carbonyl (C=O) groups excluding carboxylic acids is 1. The van der Waals surface area contributed by atoms with E-state index >= 15 is 0 Å². The number of unbranched alkanes of at least 4 members (excludes halogenated alkanes) is 19. The molecule has 0 aromatic carbocycles. The van der Waals surface area contributed by atoms with Crippen LogP contribution in [0.3, 0.4) is 0 Å². The topological polar surface area (TPSA) is 55.8 Å². The molecule has 1 N–H and O–H groups in total. The average molecular weight is 671 g/mol. The highest BCUT2D eigenvalue weighted by molar-refractivity contribution is 5.69. The summed E-state index contributed by atoms with van der Waals surface area (Å²) in [5.74, 6) is -0.220. The fourth-order valence-electron chi connectivity index (χ4n) is 5.48. The van der Waals surface area contributed by atoms with Crippen LogP contribution in [-0.4, -0.2) is 37.0 Å². The molecule has 0 aliphatic heterocycles. The number of esters is 1. The first kappa shape index (κ1) is 46.1. The van der Waals surface area contributed by atoms with Crippen LogP contribution in [0.4, 0.5) is 0 Å². The van der Waals surface area contributed by atoms with Crippen molar-refractivity contribution in [1.29, 1.82) is 0 Å². The van der Waals surface area contributed by atoms with Crippen LogP contribution in [0.25, 0.3) is 0 Å². The molecule has 0 aromatic rings. The molecule has 0 aromatic heterocycles. The van der Waals surface area contributed by atoms with E-state index in [-0.39, 0.29) is 19.2 Å². The normalized spacial score (nSPS) is 13.0. The third-order valence-corrected chi connectivity index (χ3v) is 8.57. The van der Waals surface area contributed by atoms with Crippen LogP contribution in [0, 0.1) is 0 Å². The molecule has 278 valence electrons. The lowest BCUT2D eigenvalue weighted by atomic mass is 10.1. The zero-order valence-electron chi connectivity index (χ0n) is 31.7. The van der Waals surface area contributed by atoms with Gasteiger partial charge in [-0.3, -0.25) is 4.79 Å². The third kappa shape index (κ3) is 38.5. The van der Waals surface area contributed by atoms with E-state index in [1.54, 1.807) is 0 Å². The Morgan fingerprint density at radius 3 is 1.35 bits per heavy atom. The number of ether oxygens (including phenoxy) is 2. The van der Waals surface area contributed by atoms with Gasteiger partial charge >= 0.3 is 5.97 Å². The van der Waals surface area contributed by atoms with E-state index in [9.17, 15) is 9.90 Å². The minimum atomic E-state index is -0.549. The number of aliphatic hydroxyl groups is 1. The molecule has 0 radical (unpaired) electrons. The summed E-state index contributed by atoms with van der Waals surface area (Å²) in [5.41, 5.74) is 0. The van der Waals surface area contributed by atoms with Crippen molar-refractivity contribution in [1.82, 2.24) is 0 Å². The van der Waals surface area contributed by atoms with E-state index in [0.29, 0.717) is 13.0 Å². The smallest absolute Gasteiger partial charge is 0.306 e. The van der Waals surface area contributed by atoms with E-state index < -0.39 is 6.10 Å². The maximum absolute atomic E-state index is 12.2. The molecule has 48 heavy (non-hydrogen) atoms. The van der Waals surface area contributed by atoms with Gasteiger partial charge in [0.05, 0.1) is 13.2 Å². The van der Waals surface area contributed by atoms with E-state index in [1.807, 2.05) is 0 Å². The molecular formula is C44H78O4. The second-order valence-corrected chi connectivity index (χ2v) is 13.3. The lowest BCUT2D eigenvalue weighted by molar-refractivity contribution is -0.154. The Kier molecular flexibility index (Phi) is 39.6. The molecule has 1 unspecified atom stereocenters. The highest BCUT2D eigenvalue weighted by Gasteiger charge is 2.13. The number of rotatable bonds is 37. The lowest BCUT2D eigenvalue weighted by Gasteiger charge is -2.15. The van der Waals surface area contributed by atoms with Gasteiger partial charge in [0, 0.05) is 13.0 Å². The summed E-state index contributed by atoms with van der Waals surface area (Å²) in [7, 11) is 0. The molecule has 0 fully saturated rings. The second kappa shape index (κ2) is 41.3. The maximum atomic E-state index is 12.2. The second-order valence-electron chi connectivity index (χ2n) is 13.3. The van der Waals surface area contributed by atoms with Crippen molar-refractivity contribution < 1.29 is 19.4 Å². The molecule has 0 aliphatic carbocycles. The lowest BCUT2D eigenvalue weighted by Crippen LogP contribution is -2.27. The third-order valence-electron chi connectivity index (χ3n) is 8.57. The molecule has 4 nitrogen and oxygen atoms in total. The van der Waals surface area contributed by atoms with Gasteiger partial charge in [0.25, 0.3) is 0 Å². The first-order valence-corrected chi connectivity index (χ1v) is 20.4. The Hall–Kier alpha value is -1.91. The summed E-state index contributed by atoms with van der Waals surface area (Å²) in [6.45, 7) is 5.26. The van der Waals surface area contributed by atoms with Gasteiger partial charge in [-0.05, 0) is 83.5 Å². The Bertz CT molecular complexity index is 794. The predicted molar refractivity (Wildman–Crippen MR) is 209 cm³/mol. The Morgan fingerprint density at radius 1 is 0.500 bits per heavy atom. The van der Waals surface area contributed by atoms with Crippen molar-refractivity contribution in [2.24, 2.45) is 0 Å². The summed E-state index contributed by atoms with van der Waals surface area (Å²) in [4.78, 5) is 12.2. The molecule has 0 rings (SSSR count). The van der Waals surface area contributed by atoms with Crippen LogP contribution in [0.2, 0.25) is 0 Å². The Labute approximate surface area is 298 Å². The summed E-state index contributed by atoms with van der Waals surface area (Å²) in [5, 5.41) is 9.58. The standard InChI is InChI=1S/C44H78O4/c1-3-5-7-9-11-13-15-17-19-21-22-23-24-26-28-30-32-34-36-38-40-47-42-43(41-45)48-44(46)39-37-35-33-31-29-27-25-20-18-16-14-12-10-8-6-4-2/h11,13-14,16-17,19-20,22-23,25,43,45H,3-10,12,15,18,21,24,26-42H2,1-2H3/b13-11-,16-14-,19-17-,23-22-,25-20-. The van der Waals surface area contributed by atoms with Crippen molar-refractivity contribution in [2.45, 2.75) is 193 Å². The van der Waals surface area contributed by atoms with Crippen molar-refractivity contribution >= 4 is 5.97 Å². The summed E-state index contributed by atoms with van der Waals surface area (Å²) in [6, 6.07) is 0. The molecule has 1 atom stereocenters. The molecule has 0 aliphatic rings. The SMILES string of the molecule is CCCCC/C=C\C/C=C\C/C=C\CCCCCCCCCOCC(CO)OC(=O)CCCCCCC/C=C\C/C=C\CCCCCC. The van der Waals surface area contributed by atoms with Crippen LogP contribution in [0.15, 0.2) is 60.8 Å². The van der Waals surface area contributed by atoms with Crippen molar-refractivity contribution in [3.63, 3.8) is 0 Å². The van der Waals surface area contributed by atoms with E-state index in [0.717, 1.165) is 57.8 Å². The van der Waals surface area contributed by atoms with Crippen LogP contribution in [0.5, 0.6) is 0 Å². The summed E-state index contributed by atoms with van der Waals surface area (Å²) >= 11 is 0. The van der Waals surface area contributed by atoms with Crippen LogP contribution in [-0.2, 0) is 14.3 Å². The van der Waals surface area contributed by atoms with E-state index in [4.69, 9.17) is 9.47 Å². The van der Waals surface area contributed by atoms with Gasteiger partial charge < -0.3 is 14.6 Å². The quantitative estimate of drug-likeness (QED) is 0.0406. The first-order valence-electron chi connectivity index (χ1n) is 20.4. The highest BCUT2D eigenvalue weighted by Crippen LogP contribution is 2.11. The monoisotopic (exact) mass is 671 g/mol. The van der Waals surface area contributed by atoms with Gasteiger partial charge in [-0.2, -0.15) is 0 Å². The van der Waals surface area contributed by atoms with Gasteiger partial charge in [0.2, 0.25) is 0 Å². The minimum Gasteiger partial charge on any atom is -0.457 e. The molecule has 0 bridgehead atoms. The molecule has 0 amide bonds. The molecular weight excluding hydrogens is 592 g/mol. The average Bonchev–Trinajstić information content (AvgIpc) is 3.09. The fourth-order valence-corrected chi connectivity index (χ4v) is 5.48. The number of carbonyl (C=O) groups is 1. The van der Waals surface area contributed by atoms with Crippen LogP contribution >= 0.6 is 0 Å². The van der Waals surface area contributed by atoms with Gasteiger partial charge in [-0.25, -0.2) is 0 Å². The molecule has 0 spiro atoms. The molecule has 0 saturated heterocycles. The maximum Gasteiger partial charge on any atom is 0.306 e. The van der Waals surface area contributed by atoms with Crippen LogP contribution < -0.4 is 0 Å². The zero-order chi connectivity index (χ0) is 34.9. The largest absolute Gasteiger partial charge is 0.457 e. The first-order chi connectivity index (χ1) is 23.7. The summed E-state index contributed by atoms with van der Waals surface area (Å²) < 4.78 is 11.1. The fraction of sp³-hybridized carbons (Fsp3) is 0.750. The minimum absolute atomic E-state index is 0.184. The Morgan fingerprint density at radius 2 is 0.875 bits per heavy atom. The van der Waals surface area contributed by atoms with Gasteiger partial charge in [-0.15, -0.1) is 0 Å². The Balaban J connectivity index is 3.50. The van der Waals surface area contributed by atoms with E-state index in [2.05, 4.69) is 74.6 Å². The molecule has 0 saturated carbocycles. The molecule has 4 heteroatoms. The van der Waals surface area contributed by atoms with E-state index in [1.165, 1.54) is 109 Å². The number of hydrogen-bond donors (Lipinski definition) is 1. The number of allylic oxidation sites excluding steroid dienone is 10. The van der Waals surface area contributed by atoms with Crippen molar-refractivity contribution in [3.8, 4) is 0 Å². The number of hydrogen-bond acceptors (Lipinski definition) is 4. The highest BCUT2D eigenvalue weighted by atomic mass is 16.6. The summed E-state index contributed by atoms with van der Waals surface area (Å²) in [6.07, 6.45) is 54.1. The van der Waals surface area contributed by atoms with Crippen molar-refractivity contribution in [3.05, 3.63) is 60.8 Å². The van der Waals surface area contributed by atoms with Gasteiger partial charge in [-0.1, -0.05) is 158 Å². The van der Waals surface area contributed by atoms with Crippen LogP contribution in [0.1, 0.15) is 187 Å². The van der Waals surface area contributed by atoms with Gasteiger partial charge in [0.1, 0.15) is 6.10 Å². The predicted octanol–water partition coefficient (Wildman–Crippen LogP) is 13.3. The van der Waals surface area contributed by atoms with Crippen molar-refractivity contribution in [2.75, 3.05) is 19.8 Å². The number of aliphatic hydroxyl groups excluding tert-OH is 1. The van der Waals surface area contributed by atoms with Gasteiger partial charge in [0.15, 0.2) is 0 Å². The zero-order valence-corrected chi connectivity index (χ0v) is 31.7. The molecule has 0 heterocycles.